The molecule has 1 heterocycles. The lowest BCUT2D eigenvalue weighted by Gasteiger charge is -2.31. The van der Waals surface area contributed by atoms with E-state index in [1.807, 2.05) is 19.2 Å². The molecule has 1 aliphatic carbocycles. The van der Waals surface area contributed by atoms with E-state index >= 15 is 0 Å². The highest BCUT2D eigenvalue weighted by Crippen LogP contribution is 2.37. The summed E-state index contributed by atoms with van der Waals surface area (Å²) in [5, 5.41) is 6.47. The summed E-state index contributed by atoms with van der Waals surface area (Å²) in [5.41, 5.74) is 2.37. The monoisotopic (exact) mass is 470 g/mol. The highest BCUT2D eigenvalue weighted by Gasteiger charge is 2.41. The Hall–Kier alpha value is -1.06. The summed E-state index contributed by atoms with van der Waals surface area (Å²) in [6, 6.07) is 2.04. The molecule has 0 radical (unpaired) electrons. The van der Waals surface area contributed by atoms with Crippen molar-refractivity contribution in [3.63, 3.8) is 0 Å². The molecular weight excluding hydrogens is 444 g/mol. The van der Waals surface area contributed by atoms with Crippen molar-refractivity contribution in [1.29, 1.82) is 0 Å². The van der Waals surface area contributed by atoms with Crippen LogP contribution in [0.5, 0.6) is 0 Å². The minimum absolute atomic E-state index is 0. The van der Waals surface area contributed by atoms with Crippen molar-refractivity contribution in [1.82, 2.24) is 15.6 Å². The van der Waals surface area contributed by atoms with Gasteiger partial charge in [0.25, 0.3) is 0 Å². The van der Waals surface area contributed by atoms with Crippen LogP contribution >= 0.6 is 24.0 Å². The summed E-state index contributed by atoms with van der Waals surface area (Å²) in [7, 11) is 1.67. The fourth-order valence-corrected chi connectivity index (χ4v) is 3.05. The molecule has 4 nitrogen and oxygen atoms in total. The maximum Gasteiger partial charge on any atom is 0.391 e. The SMILES string of the molecule is CN=C(NCCc1ccncc1C)NC1CCC(C(F)(F)F)CC1.I. The van der Waals surface area contributed by atoms with E-state index in [4.69, 9.17) is 0 Å². The standard InChI is InChI=1S/C17H25F3N4.HI/c1-12-11-22-9-7-13(12)8-10-23-16(21-2)24-15-5-3-14(4-6-15)17(18,19)20;/h7,9,11,14-15H,3-6,8,10H2,1-2H3,(H2,21,23,24);1H. The van der Waals surface area contributed by atoms with E-state index in [2.05, 4.69) is 20.6 Å². The van der Waals surface area contributed by atoms with Crippen LogP contribution < -0.4 is 10.6 Å². The third-order valence-electron chi connectivity index (χ3n) is 4.58. The van der Waals surface area contributed by atoms with Crippen molar-refractivity contribution in [3.8, 4) is 0 Å². The van der Waals surface area contributed by atoms with Gasteiger partial charge in [0.15, 0.2) is 5.96 Å². The molecule has 1 aromatic heterocycles. The number of aromatic nitrogens is 1. The lowest BCUT2D eigenvalue weighted by molar-refractivity contribution is -0.182. The Bertz CT molecular complexity index is 555. The Morgan fingerprint density at radius 2 is 1.96 bits per heavy atom. The number of nitrogens with zero attached hydrogens (tertiary/aromatic N) is 2. The van der Waals surface area contributed by atoms with E-state index in [1.54, 1.807) is 13.2 Å². The van der Waals surface area contributed by atoms with E-state index in [-0.39, 0.29) is 42.9 Å². The van der Waals surface area contributed by atoms with E-state index in [0.717, 1.165) is 12.0 Å². The van der Waals surface area contributed by atoms with Gasteiger partial charge in [0, 0.05) is 32.0 Å². The number of guanidine groups is 1. The minimum Gasteiger partial charge on any atom is -0.356 e. The van der Waals surface area contributed by atoms with Gasteiger partial charge in [-0.25, -0.2) is 0 Å². The van der Waals surface area contributed by atoms with Gasteiger partial charge in [0.05, 0.1) is 5.92 Å². The number of aryl methyl sites for hydroxylation is 1. The number of rotatable bonds is 4. The lowest BCUT2D eigenvalue weighted by atomic mass is 9.85. The van der Waals surface area contributed by atoms with Crippen LogP contribution in [0.3, 0.4) is 0 Å². The summed E-state index contributed by atoms with van der Waals surface area (Å²) in [6.45, 7) is 2.73. The first kappa shape index (κ1) is 22.0. The van der Waals surface area contributed by atoms with Crippen molar-refractivity contribution in [3.05, 3.63) is 29.6 Å². The van der Waals surface area contributed by atoms with Crippen LogP contribution in [0.4, 0.5) is 13.2 Å². The first-order valence-corrected chi connectivity index (χ1v) is 8.33. The van der Waals surface area contributed by atoms with Crippen molar-refractivity contribution in [2.45, 2.75) is 51.2 Å². The second-order valence-electron chi connectivity index (χ2n) is 6.29. The van der Waals surface area contributed by atoms with Gasteiger partial charge in [0.2, 0.25) is 0 Å². The zero-order chi connectivity index (χ0) is 17.6. The zero-order valence-electron chi connectivity index (χ0n) is 14.6. The summed E-state index contributed by atoms with van der Waals surface area (Å²) in [6.07, 6.45) is 1.81. The van der Waals surface area contributed by atoms with Crippen LogP contribution in [0.1, 0.15) is 36.8 Å². The Morgan fingerprint density at radius 3 is 2.52 bits per heavy atom. The fourth-order valence-electron chi connectivity index (χ4n) is 3.05. The largest absolute Gasteiger partial charge is 0.391 e. The molecule has 1 saturated carbocycles. The van der Waals surface area contributed by atoms with E-state index < -0.39 is 12.1 Å². The molecule has 0 amide bonds. The van der Waals surface area contributed by atoms with Crippen molar-refractivity contribution >= 4 is 29.9 Å². The molecular formula is C17H26F3IN4. The number of hydrogen-bond acceptors (Lipinski definition) is 2. The van der Waals surface area contributed by atoms with Crippen molar-refractivity contribution in [2.75, 3.05) is 13.6 Å². The van der Waals surface area contributed by atoms with Gasteiger partial charge in [0.1, 0.15) is 0 Å². The van der Waals surface area contributed by atoms with E-state index in [1.165, 1.54) is 5.56 Å². The lowest BCUT2D eigenvalue weighted by Crippen LogP contribution is -2.46. The first-order valence-electron chi connectivity index (χ1n) is 8.33. The second-order valence-corrected chi connectivity index (χ2v) is 6.29. The van der Waals surface area contributed by atoms with Gasteiger partial charge in [-0.2, -0.15) is 13.2 Å². The van der Waals surface area contributed by atoms with Crippen LogP contribution in [0.25, 0.3) is 0 Å². The van der Waals surface area contributed by atoms with E-state index in [0.29, 0.717) is 25.3 Å². The van der Waals surface area contributed by atoms with Gasteiger partial charge in [-0.15, -0.1) is 24.0 Å². The average Bonchev–Trinajstić information content (AvgIpc) is 2.55. The third kappa shape index (κ3) is 6.99. The number of aliphatic imine (C=N–C) groups is 1. The number of halogens is 4. The highest BCUT2D eigenvalue weighted by molar-refractivity contribution is 14.0. The molecule has 2 N–H and O–H groups in total. The summed E-state index contributed by atoms with van der Waals surface area (Å²) in [4.78, 5) is 8.23. The molecule has 1 aliphatic rings. The molecule has 0 saturated heterocycles. The normalized spacial score (nSPS) is 21.4. The minimum atomic E-state index is -4.06. The summed E-state index contributed by atoms with van der Waals surface area (Å²) >= 11 is 0. The molecule has 0 spiro atoms. The van der Waals surface area contributed by atoms with Crippen LogP contribution in [0.2, 0.25) is 0 Å². The Morgan fingerprint density at radius 1 is 1.28 bits per heavy atom. The van der Waals surface area contributed by atoms with Crippen LogP contribution in [0, 0.1) is 12.8 Å². The van der Waals surface area contributed by atoms with Crippen molar-refractivity contribution < 1.29 is 13.2 Å². The molecule has 0 aromatic carbocycles. The summed E-state index contributed by atoms with van der Waals surface area (Å²) in [5.74, 6) is -0.502. The molecule has 0 bridgehead atoms. The molecule has 0 aliphatic heterocycles. The highest BCUT2D eigenvalue weighted by atomic mass is 127. The Balaban J connectivity index is 0.00000312. The molecule has 8 heteroatoms. The molecule has 1 fully saturated rings. The van der Waals surface area contributed by atoms with Gasteiger partial charge in [-0.05, 0) is 56.2 Å². The smallest absolute Gasteiger partial charge is 0.356 e. The fraction of sp³-hybridized carbons (Fsp3) is 0.647. The number of alkyl halides is 3. The summed E-state index contributed by atoms with van der Waals surface area (Å²) < 4.78 is 38.1. The van der Waals surface area contributed by atoms with Gasteiger partial charge < -0.3 is 10.6 Å². The van der Waals surface area contributed by atoms with Crippen LogP contribution in [-0.4, -0.2) is 36.8 Å². The van der Waals surface area contributed by atoms with E-state index in [9.17, 15) is 13.2 Å². The zero-order valence-corrected chi connectivity index (χ0v) is 16.9. The number of nitrogens with one attached hydrogen (secondary N) is 2. The van der Waals surface area contributed by atoms with Crippen LogP contribution in [0.15, 0.2) is 23.5 Å². The molecule has 0 atom stereocenters. The van der Waals surface area contributed by atoms with Crippen LogP contribution in [-0.2, 0) is 6.42 Å². The number of pyridine rings is 1. The molecule has 2 rings (SSSR count). The topological polar surface area (TPSA) is 49.3 Å². The predicted molar refractivity (Wildman–Crippen MR) is 104 cm³/mol. The second kappa shape index (κ2) is 10.2. The quantitative estimate of drug-likeness (QED) is 0.400. The average molecular weight is 470 g/mol. The van der Waals surface area contributed by atoms with Crippen molar-refractivity contribution in [2.24, 2.45) is 10.9 Å². The maximum absolute atomic E-state index is 12.7. The molecule has 25 heavy (non-hydrogen) atoms. The van der Waals surface area contributed by atoms with Gasteiger partial charge in [-0.3, -0.25) is 9.98 Å². The Kier molecular flexibility index (Phi) is 8.95. The first-order chi connectivity index (χ1) is 11.4. The number of hydrogen-bond donors (Lipinski definition) is 2. The predicted octanol–water partition coefficient (Wildman–Crippen LogP) is 3.84. The van der Waals surface area contributed by atoms with Gasteiger partial charge >= 0.3 is 6.18 Å². The third-order valence-corrected chi connectivity index (χ3v) is 4.58. The Labute approximate surface area is 164 Å². The molecule has 1 aromatic rings. The van der Waals surface area contributed by atoms with Gasteiger partial charge in [-0.1, -0.05) is 0 Å². The molecule has 142 valence electrons. The maximum atomic E-state index is 12.7. The molecule has 0 unspecified atom stereocenters.